The number of aliphatic hydroxyl groups is 1. The summed E-state index contributed by atoms with van der Waals surface area (Å²) in [5, 5.41) is 13.7. The van der Waals surface area contributed by atoms with Gasteiger partial charge in [0, 0.05) is 0 Å². The van der Waals surface area contributed by atoms with Crippen molar-refractivity contribution in [2.24, 2.45) is 0 Å². The molecule has 1 heterocycles. The topological polar surface area (TPSA) is 50.7 Å². The van der Waals surface area contributed by atoms with E-state index in [0.29, 0.717) is 19.6 Å². The highest BCUT2D eigenvalue weighted by Gasteiger charge is 2.24. The number of hydrogen-bond acceptors (Lipinski definition) is 4. The lowest BCUT2D eigenvalue weighted by Gasteiger charge is -2.26. The Morgan fingerprint density at radius 1 is 1.28 bits per heavy atom. The van der Waals surface area contributed by atoms with Gasteiger partial charge in [-0.1, -0.05) is 13.0 Å². The Kier molecular flexibility index (Phi) is 4.09. The van der Waals surface area contributed by atoms with Crippen LogP contribution in [0.25, 0.3) is 0 Å². The Morgan fingerprint density at radius 2 is 2.00 bits per heavy atom. The van der Waals surface area contributed by atoms with Crippen LogP contribution < -0.4 is 14.8 Å². The fourth-order valence-corrected chi connectivity index (χ4v) is 2.03. The largest absolute Gasteiger partial charge is 0.486 e. The molecule has 0 aliphatic carbocycles. The Labute approximate surface area is 108 Å². The molecule has 0 saturated carbocycles. The van der Waals surface area contributed by atoms with E-state index in [4.69, 9.17) is 9.47 Å². The summed E-state index contributed by atoms with van der Waals surface area (Å²) in [5.41, 5.74) is 0.0162. The second-order valence-corrected chi connectivity index (χ2v) is 4.74. The zero-order valence-electron chi connectivity index (χ0n) is 11.0. The predicted molar refractivity (Wildman–Crippen MR) is 70.2 cm³/mol. The lowest BCUT2D eigenvalue weighted by atomic mass is 9.92. The average molecular weight is 251 g/mol. The number of rotatable bonds is 5. The highest BCUT2D eigenvalue weighted by Crippen LogP contribution is 2.35. The third-order valence-electron chi connectivity index (χ3n) is 3.20. The van der Waals surface area contributed by atoms with Crippen LogP contribution in [-0.2, 0) is 5.60 Å². The average Bonchev–Trinajstić information content (AvgIpc) is 2.38. The maximum Gasteiger partial charge on any atom is 0.161 e. The molecule has 2 N–H and O–H groups in total. The molecule has 0 aromatic heterocycles. The van der Waals surface area contributed by atoms with Gasteiger partial charge in [-0.05, 0) is 44.1 Å². The first-order valence-corrected chi connectivity index (χ1v) is 6.47. The van der Waals surface area contributed by atoms with Crippen molar-refractivity contribution >= 4 is 0 Å². The summed E-state index contributed by atoms with van der Waals surface area (Å²) in [5.74, 6) is 1.48. The van der Waals surface area contributed by atoms with Gasteiger partial charge >= 0.3 is 0 Å². The smallest absolute Gasteiger partial charge is 0.161 e. The van der Waals surface area contributed by atoms with Crippen molar-refractivity contribution in [3.63, 3.8) is 0 Å². The summed E-state index contributed by atoms with van der Waals surface area (Å²) in [6.45, 7) is 6.74. The van der Waals surface area contributed by atoms with Crippen LogP contribution >= 0.6 is 0 Å². The van der Waals surface area contributed by atoms with E-state index in [0.717, 1.165) is 30.2 Å². The third kappa shape index (κ3) is 2.94. The quantitative estimate of drug-likeness (QED) is 0.782. The molecule has 0 radical (unpaired) electrons. The first-order valence-electron chi connectivity index (χ1n) is 6.47. The second kappa shape index (κ2) is 5.59. The van der Waals surface area contributed by atoms with Crippen molar-refractivity contribution < 1.29 is 14.6 Å². The maximum absolute atomic E-state index is 10.5. The molecule has 0 spiro atoms. The van der Waals surface area contributed by atoms with Crippen molar-refractivity contribution in [3.8, 4) is 11.5 Å². The molecule has 0 fully saturated rings. The standard InChI is InChI=1S/C14H21NO3/c1-3-15-7-6-14(2,16)11-4-5-12-13(10-11)18-9-8-17-12/h4-5,10,15-16H,3,6-9H2,1-2H3. The summed E-state index contributed by atoms with van der Waals surface area (Å²) in [6, 6.07) is 5.64. The van der Waals surface area contributed by atoms with Gasteiger partial charge in [-0.2, -0.15) is 0 Å². The van der Waals surface area contributed by atoms with E-state index in [9.17, 15) is 5.11 Å². The van der Waals surface area contributed by atoms with Gasteiger partial charge in [0.05, 0.1) is 5.60 Å². The Balaban J connectivity index is 2.11. The molecule has 1 atom stereocenters. The molecular formula is C14H21NO3. The minimum absolute atomic E-state index is 0.565. The maximum atomic E-state index is 10.5. The van der Waals surface area contributed by atoms with Crippen LogP contribution in [0.15, 0.2) is 18.2 Å². The monoisotopic (exact) mass is 251 g/mol. The van der Waals surface area contributed by atoms with Gasteiger partial charge in [-0.25, -0.2) is 0 Å². The van der Waals surface area contributed by atoms with E-state index in [1.54, 1.807) is 0 Å². The van der Waals surface area contributed by atoms with Crippen molar-refractivity contribution in [1.29, 1.82) is 0 Å². The zero-order chi connectivity index (χ0) is 13.0. The van der Waals surface area contributed by atoms with Crippen LogP contribution in [-0.4, -0.2) is 31.4 Å². The molecule has 1 aromatic carbocycles. The van der Waals surface area contributed by atoms with Crippen LogP contribution in [0.2, 0.25) is 0 Å². The Morgan fingerprint density at radius 3 is 2.72 bits per heavy atom. The third-order valence-corrected chi connectivity index (χ3v) is 3.20. The molecule has 0 saturated heterocycles. The fourth-order valence-electron chi connectivity index (χ4n) is 2.03. The van der Waals surface area contributed by atoms with Crippen LogP contribution in [0, 0.1) is 0 Å². The SMILES string of the molecule is CCNCCC(C)(O)c1ccc2c(c1)OCCO2. The van der Waals surface area contributed by atoms with Crippen LogP contribution in [0.3, 0.4) is 0 Å². The molecule has 1 aliphatic rings. The van der Waals surface area contributed by atoms with Crippen LogP contribution in [0.5, 0.6) is 11.5 Å². The number of benzene rings is 1. The van der Waals surface area contributed by atoms with Gasteiger partial charge < -0.3 is 19.9 Å². The van der Waals surface area contributed by atoms with E-state index in [-0.39, 0.29) is 0 Å². The summed E-state index contributed by atoms with van der Waals surface area (Å²) in [4.78, 5) is 0. The number of ether oxygens (including phenoxy) is 2. The van der Waals surface area contributed by atoms with Crippen LogP contribution in [0.1, 0.15) is 25.8 Å². The molecule has 1 aliphatic heterocycles. The fraction of sp³-hybridized carbons (Fsp3) is 0.571. The van der Waals surface area contributed by atoms with Crippen molar-refractivity contribution in [2.45, 2.75) is 25.9 Å². The lowest BCUT2D eigenvalue weighted by Crippen LogP contribution is -2.28. The Hall–Kier alpha value is -1.26. The highest BCUT2D eigenvalue weighted by atomic mass is 16.6. The lowest BCUT2D eigenvalue weighted by molar-refractivity contribution is 0.0475. The van der Waals surface area contributed by atoms with Gasteiger partial charge in [0.2, 0.25) is 0 Å². The summed E-state index contributed by atoms with van der Waals surface area (Å²) >= 11 is 0. The van der Waals surface area contributed by atoms with Gasteiger partial charge in [-0.3, -0.25) is 0 Å². The van der Waals surface area contributed by atoms with Gasteiger partial charge in [0.15, 0.2) is 11.5 Å². The highest BCUT2D eigenvalue weighted by molar-refractivity contribution is 5.45. The zero-order valence-corrected chi connectivity index (χ0v) is 11.0. The minimum Gasteiger partial charge on any atom is -0.486 e. The normalized spacial score (nSPS) is 17.3. The molecule has 0 amide bonds. The molecule has 4 nitrogen and oxygen atoms in total. The molecule has 1 unspecified atom stereocenters. The van der Waals surface area contributed by atoms with Gasteiger partial charge in [0.25, 0.3) is 0 Å². The van der Waals surface area contributed by atoms with E-state index < -0.39 is 5.60 Å². The van der Waals surface area contributed by atoms with Crippen LogP contribution in [0.4, 0.5) is 0 Å². The summed E-state index contributed by atoms with van der Waals surface area (Å²) in [7, 11) is 0. The summed E-state index contributed by atoms with van der Waals surface area (Å²) < 4.78 is 11.0. The van der Waals surface area contributed by atoms with E-state index in [1.165, 1.54) is 0 Å². The first-order chi connectivity index (χ1) is 8.63. The van der Waals surface area contributed by atoms with E-state index in [2.05, 4.69) is 12.2 Å². The number of nitrogens with one attached hydrogen (secondary N) is 1. The molecule has 0 bridgehead atoms. The molecule has 1 aromatic rings. The molecule has 100 valence electrons. The Bertz CT molecular complexity index is 404. The molecular weight excluding hydrogens is 230 g/mol. The predicted octanol–water partition coefficient (Wildman–Crippen LogP) is 1.66. The number of fused-ring (bicyclic) bond motifs is 1. The van der Waals surface area contributed by atoms with Gasteiger partial charge in [0.1, 0.15) is 13.2 Å². The van der Waals surface area contributed by atoms with E-state index >= 15 is 0 Å². The van der Waals surface area contributed by atoms with Crippen molar-refractivity contribution in [2.75, 3.05) is 26.3 Å². The first kappa shape index (κ1) is 13.2. The van der Waals surface area contributed by atoms with E-state index in [1.807, 2.05) is 25.1 Å². The summed E-state index contributed by atoms with van der Waals surface area (Å²) in [6.07, 6.45) is 0.667. The molecule has 2 rings (SSSR count). The van der Waals surface area contributed by atoms with Crippen molar-refractivity contribution in [1.82, 2.24) is 5.32 Å². The number of hydrogen-bond donors (Lipinski definition) is 2. The molecule has 4 heteroatoms. The van der Waals surface area contributed by atoms with Crippen molar-refractivity contribution in [3.05, 3.63) is 23.8 Å². The van der Waals surface area contributed by atoms with Gasteiger partial charge in [-0.15, -0.1) is 0 Å². The minimum atomic E-state index is -0.849. The molecule has 18 heavy (non-hydrogen) atoms. The second-order valence-electron chi connectivity index (χ2n) is 4.74.